The number of nitrogens with two attached hydrogens (primary N) is 1. The summed E-state index contributed by atoms with van der Waals surface area (Å²) in [5, 5.41) is 12.4. The number of carbonyl (C=O) groups is 1. The molecule has 2 rings (SSSR count). The van der Waals surface area contributed by atoms with E-state index in [4.69, 9.17) is 5.73 Å². The average Bonchev–Trinajstić information content (AvgIpc) is 2.42. The van der Waals surface area contributed by atoms with Crippen molar-refractivity contribution in [1.82, 2.24) is 5.32 Å². The molecule has 0 heterocycles. The topological polar surface area (TPSA) is 75.3 Å². The number of phenolic OH excluding ortho intramolecular Hbond substituents is 1. The largest absolute Gasteiger partial charge is 0.508 e. The molecule has 1 amide bonds. The summed E-state index contributed by atoms with van der Waals surface area (Å²) < 4.78 is 0. The number of aromatic hydroxyl groups is 1. The number of amides is 1. The third kappa shape index (κ3) is 2.89. The first-order chi connectivity index (χ1) is 9.07. The molecule has 0 aromatic heterocycles. The van der Waals surface area contributed by atoms with Crippen molar-refractivity contribution in [1.29, 1.82) is 0 Å². The lowest BCUT2D eigenvalue weighted by Gasteiger charge is -2.42. The Balaban J connectivity index is 2.13. The van der Waals surface area contributed by atoms with Gasteiger partial charge in [0.1, 0.15) is 5.75 Å². The second-order valence-corrected chi connectivity index (χ2v) is 5.51. The van der Waals surface area contributed by atoms with Crippen molar-refractivity contribution in [3.63, 3.8) is 0 Å². The molecule has 4 heteroatoms. The van der Waals surface area contributed by atoms with Gasteiger partial charge < -0.3 is 16.2 Å². The number of rotatable bonds is 3. The molecule has 1 aliphatic carbocycles. The van der Waals surface area contributed by atoms with Gasteiger partial charge in [0.2, 0.25) is 0 Å². The fourth-order valence-corrected chi connectivity index (χ4v) is 2.86. The van der Waals surface area contributed by atoms with Crippen LogP contribution in [0.25, 0.3) is 0 Å². The third-order valence-electron chi connectivity index (χ3n) is 4.31. The molecule has 4 nitrogen and oxygen atoms in total. The summed E-state index contributed by atoms with van der Waals surface area (Å²) in [6, 6.07) is 6.30. The zero-order valence-electron chi connectivity index (χ0n) is 11.4. The zero-order chi connectivity index (χ0) is 13.9. The lowest BCUT2D eigenvalue weighted by atomic mass is 9.73. The lowest BCUT2D eigenvalue weighted by Crippen LogP contribution is -2.59. The molecule has 19 heavy (non-hydrogen) atoms. The Bertz CT molecular complexity index is 444. The van der Waals surface area contributed by atoms with Crippen molar-refractivity contribution in [3.05, 3.63) is 29.8 Å². The molecule has 0 spiro atoms. The van der Waals surface area contributed by atoms with E-state index in [1.54, 1.807) is 12.1 Å². The normalized spacial score (nSPS) is 26.9. The van der Waals surface area contributed by atoms with Crippen LogP contribution in [-0.2, 0) is 0 Å². The summed E-state index contributed by atoms with van der Waals surface area (Å²) in [5.41, 5.74) is 6.20. The highest BCUT2D eigenvalue weighted by molar-refractivity contribution is 5.94. The Hall–Kier alpha value is -1.55. The molecule has 104 valence electrons. The minimum Gasteiger partial charge on any atom is -0.508 e. The first-order valence-corrected chi connectivity index (χ1v) is 6.89. The van der Waals surface area contributed by atoms with Gasteiger partial charge >= 0.3 is 0 Å². The number of benzene rings is 1. The second-order valence-electron chi connectivity index (χ2n) is 5.51. The van der Waals surface area contributed by atoms with Crippen LogP contribution in [-0.4, -0.2) is 23.1 Å². The molecule has 1 saturated carbocycles. The predicted molar refractivity (Wildman–Crippen MR) is 75.0 cm³/mol. The molecular weight excluding hydrogens is 240 g/mol. The van der Waals surface area contributed by atoms with Gasteiger partial charge in [0.15, 0.2) is 0 Å². The van der Waals surface area contributed by atoms with Gasteiger partial charge in [0, 0.05) is 12.1 Å². The van der Waals surface area contributed by atoms with Crippen molar-refractivity contribution in [2.24, 2.45) is 11.7 Å². The van der Waals surface area contributed by atoms with E-state index >= 15 is 0 Å². The first-order valence-electron chi connectivity index (χ1n) is 6.89. The number of hydrogen-bond donors (Lipinski definition) is 3. The zero-order valence-corrected chi connectivity index (χ0v) is 11.4. The molecule has 4 N–H and O–H groups in total. The molecular formula is C15H22N2O2. The Labute approximate surface area is 114 Å². The van der Waals surface area contributed by atoms with Crippen LogP contribution in [0.4, 0.5) is 0 Å². The van der Waals surface area contributed by atoms with Gasteiger partial charge in [-0.25, -0.2) is 0 Å². The molecule has 1 aromatic rings. The van der Waals surface area contributed by atoms with Gasteiger partial charge in [0.25, 0.3) is 5.91 Å². The third-order valence-corrected chi connectivity index (χ3v) is 4.31. The number of nitrogens with one attached hydrogen (secondary N) is 1. The van der Waals surface area contributed by atoms with E-state index in [-0.39, 0.29) is 17.2 Å². The molecule has 1 fully saturated rings. The van der Waals surface area contributed by atoms with Crippen LogP contribution in [0.5, 0.6) is 5.75 Å². The average molecular weight is 262 g/mol. The molecule has 0 aliphatic heterocycles. The predicted octanol–water partition coefficient (Wildman–Crippen LogP) is 2.03. The lowest BCUT2D eigenvalue weighted by molar-refractivity contribution is 0.0813. The van der Waals surface area contributed by atoms with E-state index in [0.29, 0.717) is 18.0 Å². The quantitative estimate of drug-likeness (QED) is 0.780. The number of phenols is 1. The fourth-order valence-electron chi connectivity index (χ4n) is 2.86. The molecule has 1 aliphatic rings. The molecule has 1 aromatic carbocycles. The number of hydrogen-bond acceptors (Lipinski definition) is 3. The Morgan fingerprint density at radius 1 is 1.42 bits per heavy atom. The molecule has 0 saturated heterocycles. The van der Waals surface area contributed by atoms with E-state index in [1.807, 2.05) is 0 Å². The maximum Gasteiger partial charge on any atom is 0.251 e. The standard InChI is InChI=1S/C15H22N2O2/c1-11-4-2-3-9-15(11,10-16)17-14(19)12-5-7-13(18)8-6-12/h5-8,11,18H,2-4,9-10,16H2,1H3,(H,17,19). The number of carbonyl (C=O) groups excluding carboxylic acids is 1. The van der Waals surface area contributed by atoms with E-state index in [0.717, 1.165) is 19.3 Å². The fraction of sp³-hybridized carbons (Fsp3) is 0.533. The summed E-state index contributed by atoms with van der Waals surface area (Å²) >= 11 is 0. The van der Waals surface area contributed by atoms with Crippen molar-refractivity contribution < 1.29 is 9.90 Å². The smallest absolute Gasteiger partial charge is 0.251 e. The summed E-state index contributed by atoms with van der Waals surface area (Å²) in [7, 11) is 0. The van der Waals surface area contributed by atoms with E-state index < -0.39 is 0 Å². The highest BCUT2D eigenvalue weighted by Crippen LogP contribution is 2.33. The summed E-state index contributed by atoms with van der Waals surface area (Å²) in [5.74, 6) is 0.447. The van der Waals surface area contributed by atoms with Crippen LogP contribution < -0.4 is 11.1 Å². The minimum absolute atomic E-state index is 0.112. The maximum atomic E-state index is 12.3. The molecule has 2 atom stereocenters. The van der Waals surface area contributed by atoms with Crippen LogP contribution in [0.15, 0.2) is 24.3 Å². The Kier molecular flexibility index (Phi) is 4.10. The van der Waals surface area contributed by atoms with Gasteiger partial charge in [-0.15, -0.1) is 0 Å². The van der Waals surface area contributed by atoms with E-state index in [2.05, 4.69) is 12.2 Å². The molecule has 2 unspecified atom stereocenters. The second kappa shape index (κ2) is 5.61. The van der Waals surface area contributed by atoms with Gasteiger partial charge in [-0.05, 0) is 43.0 Å². The van der Waals surface area contributed by atoms with Gasteiger partial charge in [-0.2, -0.15) is 0 Å². The SMILES string of the molecule is CC1CCCCC1(CN)NC(=O)c1ccc(O)cc1. The Morgan fingerprint density at radius 3 is 2.68 bits per heavy atom. The van der Waals surface area contributed by atoms with Crippen molar-refractivity contribution in [2.75, 3.05) is 6.54 Å². The highest BCUT2D eigenvalue weighted by Gasteiger charge is 2.38. The first kappa shape index (κ1) is 13.9. The van der Waals surface area contributed by atoms with Crippen LogP contribution in [0.2, 0.25) is 0 Å². The van der Waals surface area contributed by atoms with E-state index in [9.17, 15) is 9.90 Å². The molecule has 0 radical (unpaired) electrons. The summed E-state index contributed by atoms with van der Waals surface area (Å²) in [6.07, 6.45) is 4.36. The van der Waals surface area contributed by atoms with Gasteiger partial charge in [0.05, 0.1) is 5.54 Å². The van der Waals surface area contributed by atoms with Crippen LogP contribution in [0.1, 0.15) is 43.0 Å². The molecule has 0 bridgehead atoms. The van der Waals surface area contributed by atoms with Crippen LogP contribution in [0, 0.1) is 5.92 Å². The van der Waals surface area contributed by atoms with Gasteiger partial charge in [-0.1, -0.05) is 19.8 Å². The summed E-state index contributed by atoms with van der Waals surface area (Å²) in [4.78, 5) is 12.3. The monoisotopic (exact) mass is 262 g/mol. The van der Waals surface area contributed by atoms with Crippen molar-refractivity contribution in [3.8, 4) is 5.75 Å². The van der Waals surface area contributed by atoms with E-state index in [1.165, 1.54) is 18.6 Å². The summed E-state index contributed by atoms with van der Waals surface area (Å²) in [6.45, 7) is 2.63. The van der Waals surface area contributed by atoms with Gasteiger partial charge in [-0.3, -0.25) is 4.79 Å². The highest BCUT2D eigenvalue weighted by atomic mass is 16.3. The maximum absolute atomic E-state index is 12.3. The van der Waals surface area contributed by atoms with Crippen molar-refractivity contribution in [2.45, 2.75) is 38.1 Å². The Morgan fingerprint density at radius 2 is 2.11 bits per heavy atom. The van der Waals surface area contributed by atoms with Crippen LogP contribution in [0.3, 0.4) is 0 Å². The minimum atomic E-state index is -0.285. The van der Waals surface area contributed by atoms with Crippen molar-refractivity contribution >= 4 is 5.91 Å². The van der Waals surface area contributed by atoms with Crippen LogP contribution >= 0.6 is 0 Å².